The van der Waals surface area contributed by atoms with Crippen LogP contribution in [-0.4, -0.2) is 24.3 Å². The number of imidazole rings is 1. The van der Waals surface area contributed by atoms with E-state index in [-0.39, 0.29) is 0 Å². The number of ether oxygens (including phenoxy) is 1. The minimum absolute atomic E-state index is 0.368. The number of nitrogens with zero attached hydrogens (tertiary/aromatic N) is 5. The molecule has 0 aliphatic heterocycles. The lowest BCUT2D eigenvalue weighted by atomic mass is 10.1. The number of hydrogen-bond acceptors (Lipinski definition) is 4. The van der Waals surface area contributed by atoms with Crippen LogP contribution in [0, 0.1) is 20.8 Å². The van der Waals surface area contributed by atoms with Crippen molar-refractivity contribution in [3.05, 3.63) is 95.3 Å². The zero-order valence-corrected chi connectivity index (χ0v) is 19.4. The van der Waals surface area contributed by atoms with Gasteiger partial charge in [0.25, 0.3) is 0 Å². The van der Waals surface area contributed by atoms with Crippen LogP contribution in [-0.2, 0) is 20.2 Å². The molecule has 0 saturated carbocycles. The number of pyridine rings is 1. The van der Waals surface area contributed by atoms with Gasteiger partial charge in [-0.05, 0) is 61.7 Å². The van der Waals surface area contributed by atoms with E-state index in [1.165, 1.54) is 16.7 Å². The van der Waals surface area contributed by atoms with E-state index in [2.05, 4.69) is 64.9 Å². The fourth-order valence-corrected chi connectivity index (χ4v) is 4.04. The zero-order chi connectivity index (χ0) is 22.9. The third-order valence-corrected chi connectivity index (χ3v) is 5.95. The number of rotatable bonds is 6. The molecule has 6 heteroatoms. The molecule has 166 valence electrons. The zero-order valence-electron chi connectivity index (χ0n) is 19.4. The first-order chi connectivity index (χ1) is 16.0. The van der Waals surface area contributed by atoms with Crippen LogP contribution in [0.15, 0.2) is 67.1 Å². The number of hydrogen-bond donors (Lipinski definition) is 0. The summed E-state index contributed by atoms with van der Waals surface area (Å²) in [5, 5.41) is 4.33. The van der Waals surface area contributed by atoms with Crippen LogP contribution in [0.3, 0.4) is 0 Å². The molecule has 0 atom stereocenters. The highest BCUT2D eigenvalue weighted by molar-refractivity contribution is 5.82. The van der Waals surface area contributed by atoms with Crippen molar-refractivity contribution >= 4 is 11.0 Å². The summed E-state index contributed by atoms with van der Waals surface area (Å²) in [6, 6.07) is 16.9. The van der Waals surface area contributed by atoms with Gasteiger partial charge in [-0.1, -0.05) is 29.8 Å². The molecule has 0 aliphatic carbocycles. The van der Waals surface area contributed by atoms with Crippen molar-refractivity contribution in [2.75, 3.05) is 0 Å². The second-order valence-corrected chi connectivity index (χ2v) is 8.57. The van der Waals surface area contributed by atoms with Crippen LogP contribution in [0.25, 0.3) is 22.2 Å². The number of benzene rings is 2. The van der Waals surface area contributed by atoms with Gasteiger partial charge >= 0.3 is 0 Å². The summed E-state index contributed by atoms with van der Waals surface area (Å²) >= 11 is 0. The lowest BCUT2D eigenvalue weighted by Gasteiger charge is -2.13. The van der Waals surface area contributed by atoms with Gasteiger partial charge in [0, 0.05) is 31.0 Å². The lowest BCUT2D eigenvalue weighted by Crippen LogP contribution is -2.09. The minimum Gasteiger partial charge on any atom is -0.484 e. The number of fused-ring (bicyclic) bond motifs is 1. The average Bonchev–Trinajstić information content (AvgIpc) is 3.39. The van der Waals surface area contributed by atoms with Crippen molar-refractivity contribution in [1.82, 2.24) is 24.3 Å². The van der Waals surface area contributed by atoms with Gasteiger partial charge in [-0.3, -0.25) is 9.67 Å². The Morgan fingerprint density at radius 2 is 1.79 bits per heavy atom. The van der Waals surface area contributed by atoms with E-state index in [1.54, 1.807) is 6.20 Å². The smallest absolute Gasteiger partial charge is 0.148 e. The van der Waals surface area contributed by atoms with E-state index in [0.29, 0.717) is 6.61 Å². The standard InChI is InChI=1S/C27H27N5O/c1-18-5-6-19(2)22(11-18)16-32-26-12-21(23-13-29-31(4)15-23)8-10-25(26)30-27(32)17-33-24-9-7-20(3)28-14-24/h5-15H,16-17H2,1-4H3. The molecule has 0 bridgehead atoms. The maximum Gasteiger partial charge on any atom is 0.148 e. The summed E-state index contributed by atoms with van der Waals surface area (Å²) < 4.78 is 10.2. The summed E-state index contributed by atoms with van der Waals surface area (Å²) in [6.45, 7) is 7.35. The monoisotopic (exact) mass is 437 g/mol. The summed E-state index contributed by atoms with van der Waals surface area (Å²) in [4.78, 5) is 9.26. The fourth-order valence-electron chi connectivity index (χ4n) is 4.04. The van der Waals surface area contributed by atoms with Crippen molar-refractivity contribution in [1.29, 1.82) is 0 Å². The van der Waals surface area contributed by atoms with Crippen LogP contribution in [0.4, 0.5) is 0 Å². The topological polar surface area (TPSA) is 57.8 Å². The molecule has 6 nitrogen and oxygen atoms in total. The maximum atomic E-state index is 6.07. The van der Waals surface area contributed by atoms with E-state index >= 15 is 0 Å². The molecule has 3 heterocycles. The maximum absolute atomic E-state index is 6.07. The first kappa shape index (κ1) is 20.9. The highest BCUT2D eigenvalue weighted by atomic mass is 16.5. The molecular weight excluding hydrogens is 410 g/mol. The highest BCUT2D eigenvalue weighted by Gasteiger charge is 2.15. The Morgan fingerprint density at radius 3 is 2.55 bits per heavy atom. The minimum atomic E-state index is 0.368. The second kappa shape index (κ2) is 8.54. The Morgan fingerprint density at radius 1 is 0.909 bits per heavy atom. The molecule has 2 aromatic carbocycles. The van der Waals surface area contributed by atoms with E-state index in [0.717, 1.165) is 46.0 Å². The summed E-state index contributed by atoms with van der Waals surface area (Å²) in [5.41, 5.74) is 8.99. The van der Waals surface area contributed by atoms with Crippen molar-refractivity contribution in [2.24, 2.45) is 7.05 Å². The second-order valence-electron chi connectivity index (χ2n) is 8.57. The predicted octanol–water partition coefficient (Wildman–Crippen LogP) is 5.38. The fraction of sp³-hybridized carbons (Fsp3) is 0.222. The van der Waals surface area contributed by atoms with E-state index in [1.807, 2.05) is 43.2 Å². The van der Waals surface area contributed by atoms with E-state index in [9.17, 15) is 0 Å². The molecular formula is C27H27N5O. The lowest BCUT2D eigenvalue weighted by molar-refractivity contribution is 0.290. The van der Waals surface area contributed by atoms with Gasteiger partial charge in [0.15, 0.2) is 0 Å². The first-order valence-electron chi connectivity index (χ1n) is 11.1. The highest BCUT2D eigenvalue weighted by Crippen LogP contribution is 2.27. The predicted molar refractivity (Wildman–Crippen MR) is 130 cm³/mol. The molecule has 0 aliphatic rings. The molecule has 5 aromatic rings. The van der Waals surface area contributed by atoms with Gasteiger partial charge in [-0.2, -0.15) is 5.10 Å². The summed E-state index contributed by atoms with van der Waals surface area (Å²) in [6.07, 6.45) is 5.68. The average molecular weight is 438 g/mol. The molecule has 33 heavy (non-hydrogen) atoms. The van der Waals surface area contributed by atoms with Crippen LogP contribution in [0.5, 0.6) is 5.75 Å². The van der Waals surface area contributed by atoms with Crippen molar-refractivity contribution in [3.8, 4) is 16.9 Å². The van der Waals surface area contributed by atoms with Gasteiger partial charge in [-0.25, -0.2) is 4.98 Å². The van der Waals surface area contributed by atoms with Crippen molar-refractivity contribution in [3.63, 3.8) is 0 Å². The number of aryl methyl sites for hydroxylation is 4. The Labute approximate surface area is 193 Å². The molecule has 0 spiro atoms. The van der Waals surface area contributed by atoms with E-state index in [4.69, 9.17) is 9.72 Å². The SMILES string of the molecule is Cc1ccc(C)c(Cn2c(COc3ccc(C)nc3)nc3ccc(-c4cnn(C)c4)cc32)c1. The van der Waals surface area contributed by atoms with Crippen LogP contribution in [0.1, 0.15) is 28.2 Å². The third-order valence-electron chi connectivity index (χ3n) is 5.95. The number of aromatic nitrogens is 5. The molecule has 0 unspecified atom stereocenters. The molecule has 0 amide bonds. The van der Waals surface area contributed by atoms with Crippen molar-refractivity contribution < 1.29 is 4.74 Å². The van der Waals surface area contributed by atoms with Crippen LogP contribution in [0.2, 0.25) is 0 Å². The largest absolute Gasteiger partial charge is 0.484 e. The molecule has 3 aromatic heterocycles. The Kier molecular flexibility index (Phi) is 5.42. The molecule has 0 radical (unpaired) electrons. The summed E-state index contributed by atoms with van der Waals surface area (Å²) in [5.74, 6) is 1.62. The van der Waals surface area contributed by atoms with Crippen LogP contribution >= 0.6 is 0 Å². The van der Waals surface area contributed by atoms with Gasteiger partial charge in [0.1, 0.15) is 18.2 Å². The third kappa shape index (κ3) is 4.37. The van der Waals surface area contributed by atoms with E-state index < -0.39 is 0 Å². The molecule has 5 rings (SSSR count). The van der Waals surface area contributed by atoms with Crippen LogP contribution < -0.4 is 4.74 Å². The van der Waals surface area contributed by atoms with Crippen molar-refractivity contribution in [2.45, 2.75) is 33.9 Å². The summed E-state index contributed by atoms with van der Waals surface area (Å²) in [7, 11) is 1.93. The first-order valence-corrected chi connectivity index (χ1v) is 11.1. The Bertz CT molecular complexity index is 1430. The van der Waals surface area contributed by atoms with Gasteiger partial charge in [-0.15, -0.1) is 0 Å². The molecule has 0 fully saturated rings. The molecule has 0 saturated heterocycles. The van der Waals surface area contributed by atoms with Gasteiger partial charge in [0.2, 0.25) is 0 Å². The van der Waals surface area contributed by atoms with Gasteiger partial charge in [0.05, 0.1) is 23.4 Å². The Balaban J connectivity index is 1.57. The quantitative estimate of drug-likeness (QED) is 0.358. The Hall–Kier alpha value is -3.93. The molecule has 0 N–H and O–H groups in total. The normalized spacial score (nSPS) is 11.3. The van der Waals surface area contributed by atoms with Gasteiger partial charge < -0.3 is 9.30 Å².